The topological polar surface area (TPSA) is 190 Å². The van der Waals surface area contributed by atoms with Crippen LogP contribution in [-0.4, -0.2) is 87.3 Å². The van der Waals surface area contributed by atoms with Crippen molar-refractivity contribution in [2.24, 2.45) is 0 Å². The third kappa shape index (κ3) is 9.57. The van der Waals surface area contributed by atoms with Crippen molar-refractivity contribution in [1.82, 2.24) is 38.6 Å². The number of nitrogens with one attached hydrogen (secondary N) is 1. The number of hydrogen-bond acceptors (Lipinski definition) is 15. The van der Waals surface area contributed by atoms with Gasteiger partial charge in [0.2, 0.25) is 0 Å². The van der Waals surface area contributed by atoms with Crippen LogP contribution in [0.3, 0.4) is 0 Å². The smallest absolute Gasteiger partial charge is 0.422 e. The SMILES string of the molecule is Cc1nc(OCC(F)(F)F)sc1S(=O)(=O)n1cc2c(n1)CN(C(=O)OC(C)(C)C)C2.Cc1nc(OCC(F)(F)F)sc1S(=O)(=O)n1cc2c(n1)CNC2. The normalized spacial score (nSPS) is 14.8. The summed E-state index contributed by atoms with van der Waals surface area (Å²) in [5.74, 6) is 0. The second kappa shape index (κ2) is 14.3. The minimum atomic E-state index is -4.57. The molecule has 16 nitrogen and oxygen atoms in total. The Morgan fingerprint density at radius 2 is 1.25 bits per heavy atom. The summed E-state index contributed by atoms with van der Waals surface area (Å²) in [5, 5.41) is 10.3. The van der Waals surface area contributed by atoms with Crippen molar-refractivity contribution >= 4 is 48.8 Å². The predicted octanol–water partition coefficient (Wildman–Crippen LogP) is 4.51. The second-order valence-electron chi connectivity index (χ2n) is 12.4. The lowest BCUT2D eigenvalue weighted by molar-refractivity contribution is -0.154. The van der Waals surface area contributed by atoms with Crippen molar-refractivity contribution in [2.75, 3.05) is 13.2 Å². The fraction of sp³-hybridized carbons (Fsp3) is 0.519. The number of carbonyl (C=O) groups is 1. The fourth-order valence-corrected chi connectivity index (χ4v) is 9.79. The minimum absolute atomic E-state index is 0.00298. The van der Waals surface area contributed by atoms with Crippen LogP contribution in [0, 0.1) is 13.8 Å². The van der Waals surface area contributed by atoms with Crippen LogP contribution in [0.5, 0.6) is 10.4 Å². The molecule has 0 radical (unpaired) electrons. The van der Waals surface area contributed by atoms with E-state index in [1.165, 1.54) is 31.1 Å². The Labute approximate surface area is 305 Å². The van der Waals surface area contributed by atoms with E-state index >= 15 is 0 Å². The number of thiazole rings is 2. The highest BCUT2D eigenvalue weighted by Crippen LogP contribution is 2.34. The summed E-state index contributed by atoms with van der Waals surface area (Å²) in [6, 6.07) is 0. The summed E-state index contributed by atoms with van der Waals surface area (Å²) < 4.78 is 140. The van der Waals surface area contributed by atoms with Gasteiger partial charge in [0.1, 0.15) is 5.60 Å². The highest BCUT2D eigenvalue weighted by atomic mass is 32.3. The number of halogens is 6. The first-order valence-electron chi connectivity index (χ1n) is 15.0. The van der Waals surface area contributed by atoms with Crippen LogP contribution in [0.1, 0.15) is 54.7 Å². The molecule has 0 saturated heterocycles. The zero-order valence-corrected chi connectivity index (χ0v) is 31.5. The molecule has 2 aliphatic heterocycles. The number of aromatic nitrogens is 6. The first-order valence-corrected chi connectivity index (χ1v) is 19.5. The van der Waals surface area contributed by atoms with Gasteiger partial charge < -0.3 is 19.5 Å². The maximum Gasteiger partial charge on any atom is 0.422 e. The van der Waals surface area contributed by atoms with E-state index in [0.717, 1.165) is 13.7 Å². The number of ether oxygens (including phenoxy) is 3. The van der Waals surface area contributed by atoms with Gasteiger partial charge in [-0.3, -0.25) is 4.90 Å². The van der Waals surface area contributed by atoms with Crippen LogP contribution >= 0.6 is 22.7 Å². The van der Waals surface area contributed by atoms with Crippen molar-refractivity contribution in [3.8, 4) is 10.4 Å². The molecule has 2 aliphatic rings. The fourth-order valence-electron chi connectivity index (χ4n) is 4.64. The van der Waals surface area contributed by atoms with Crippen molar-refractivity contribution in [3.05, 3.63) is 46.3 Å². The van der Waals surface area contributed by atoms with E-state index in [1.54, 1.807) is 20.8 Å². The Morgan fingerprint density at radius 1 is 0.774 bits per heavy atom. The first kappa shape index (κ1) is 40.2. The summed E-state index contributed by atoms with van der Waals surface area (Å²) in [7, 11) is -8.19. The number of alkyl halides is 6. The van der Waals surface area contributed by atoms with Gasteiger partial charge in [0, 0.05) is 36.6 Å². The van der Waals surface area contributed by atoms with Gasteiger partial charge in [0.25, 0.3) is 30.4 Å². The zero-order chi connectivity index (χ0) is 39.3. The molecule has 0 fully saturated rings. The molecule has 6 rings (SSSR count). The third-order valence-electron chi connectivity index (χ3n) is 6.82. The number of fused-ring (bicyclic) bond motifs is 2. The summed E-state index contributed by atoms with van der Waals surface area (Å²) in [4.78, 5) is 21.0. The molecule has 0 unspecified atom stereocenters. The van der Waals surface area contributed by atoms with Gasteiger partial charge in [-0.05, 0) is 34.6 Å². The Balaban J connectivity index is 0.000000211. The van der Waals surface area contributed by atoms with Crippen molar-refractivity contribution in [1.29, 1.82) is 0 Å². The van der Waals surface area contributed by atoms with Gasteiger partial charge in [0.15, 0.2) is 21.6 Å². The molecular formula is C27H30F6N8O8S4. The first-order chi connectivity index (χ1) is 24.3. The molecule has 0 atom stereocenters. The van der Waals surface area contributed by atoms with E-state index in [2.05, 4.69) is 35.0 Å². The zero-order valence-electron chi connectivity index (χ0n) is 28.2. The molecule has 26 heteroatoms. The molecule has 4 aromatic rings. The van der Waals surface area contributed by atoms with E-state index in [1.807, 2.05) is 0 Å². The van der Waals surface area contributed by atoms with Gasteiger partial charge in [-0.2, -0.15) is 61.5 Å². The summed E-state index contributed by atoms with van der Waals surface area (Å²) in [5.41, 5.74) is 1.72. The number of amides is 1. The maximum atomic E-state index is 12.9. The van der Waals surface area contributed by atoms with Crippen LogP contribution in [-0.2, 0) is 51.0 Å². The van der Waals surface area contributed by atoms with Crippen LogP contribution in [0.25, 0.3) is 0 Å². The van der Waals surface area contributed by atoms with E-state index in [9.17, 15) is 48.0 Å². The number of carbonyl (C=O) groups excluding carboxylic acids is 1. The lowest BCUT2D eigenvalue weighted by Crippen LogP contribution is -2.33. The molecular weight excluding hydrogens is 807 g/mol. The number of aryl methyl sites for hydroxylation is 2. The molecule has 1 amide bonds. The lowest BCUT2D eigenvalue weighted by Gasteiger charge is -2.24. The van der Waals surface area contributed by atoms with Gasteiger partial charge in [-0.15, -0.1) is 0 Å². The van der Waals surface area contributed by atoms with Crippen LogP contribution in [0.15, 0.2) is 20.8 Å². The summed E-state index contributed by atoms with van der Waals surface area (Å²) >= 11 is 1.03. The van der Waals surface area contributed by atoms with E-state index in [-0.39, 0.29) is 38.1 Å². The number of nitrogens with zero attached hydrogens (tertiary/aromatic N) is 7. The molecule has 1 N–H and O–H groups in total. The van der Waals surface area contributed by atoms with Gasteiger partial charge in [-0.25, -0.2) is 14.8 Å². The second-order valence-corrected chi connectivity index (χ2v) is 18.3. The Hall–Kier alpha value is -4.01. The van der Waals surface area contributed by atoms with Crippen LogP contribution in [0.4, 0.5) is 31.1 Å². The highest BCUT2D eigenvalue weighted by Gasteiger charge is 2.35. The third-order valence-corrected chi connectivity index (χ3v) is 13.2. The molecule has 53 heavy (non-hydrogen) atoms. The average molecular weight is 837 g/mol. The highest BCUT2D eigenvalue weighted by molar-refractivity contribution is 7.92. The van der Waals surface area contributed by atoms with Gasteiger partial charge in [-0.1, -0.05) is 22.7 Å². The minimum Gasteiger partial charge on any atom is -0.460 e. The Bertz CT molecular complexity index is 2180. The maximum absolute atomic E-state index is 12.9. The average Bonchev–Trinajstić information content (AvgIpc) is 3.83. The molecule has 0 bridgehead atoms. The van der Waals surface area contributed by atoms with Crippen LogP contribution in [0.2, 0.25) is 0 Å². The number of hydrogen-bond donors (Lipinski definition) is 1. The molecule has 292 valence electrons. The molecule has 0 saturated carbocycles. The number of rotatable bonds is 8. The van der Waals surface area contributed by atoms with E-state index < -0.39 is 62.5 Å². The molecule has 0 spiro atoms. The molecule has 6 heterocycles. The van der Waals surface area contributed by atoms with Gasteiger partial charge >= 0.3 is 18.4 Å². The van der Waals surface area contributed by atoms with Crippen molar-refractivity contribution in [2.45, 2.75) is 87.2 Å². The van der Waals surface area contributed by atoms with Crippen molar-refractivity contribution in [3.63, 3.8) is 0 Å². The predicted molar refractivity (Wildman–Crippen MR) is 172 cm³/mol. The Morgan fingerprint density at radius 3 is 1.68 bits per heavy atom. The summed E-state index contributed by atoms with van der Waals surface area (Å²) in [6.45, 7) is 6.04. The monoisotopic (exact) mass is 836 g/mol. The standard InChI is InChI=1S/C16H19F3N4O5S2.C11H11F3N4O3S2/c1-9-12(29-13(20-9)27-8-16(17,18)19)30(25,26)23-6-10-5-22(7-11(10)21-23)14(24)28-15(2,3)4;1-6-9(22-10(16-6)21-5-11(12,13)14)23(19,20)18-4-7-2-15-3-8(7)17-18/h6H,5,7-8H2,1-4H3;4,15H,2-3,5H2,1H3. The summed E-state index contributed by atoms with van der Waals surface area (Å²) in [6.07, 6.45) is -6.97. The molecule has 4 aromatic heterocycles. The van der Waals surface area contributed by atoms with Crippen molar-refractivity contribution < 1.29 is 62.2 Å². The Kier molecular flexibility index (Phi) is 10.9. The quantitative estimate of drug-likeness (QED) is 0.245. The molecule has 0 aromatic carbocycles. The largest absolute Gasteiger partial charge is 0.460 e. The van der Waals surface area contributed by atoms with E-state index in [4.69, 9.17) is 4.74 Å². The van der Waals surface area contributed by atoms with E-state index in [0.29, 0.717) is 52.7 Å². The van der Waals surface area contributed by atoms with Gasteiger partial charge in [0.05, 0.1) is 35.9 Å². The van der Waals surface area contributed by atoms with Crippen LogP contribution < -0.4 is 14.8 Å². The molecule has 0 aliphatic carbocycles. The lowest BCUT2D eigenvalue weighted by atomic mass is 10.2.